The van der Waals surface area contributed by atoms with Crippen LogP contribution in [0.15, 0.2) is 46.0 Å². The van der Waals surface area contributed by atoms with Crippen LogP contribution in [0.3, 0.4) is 0 Å². The van der Waals surface area contributed by atoms with Crippen LogP contribution < -0.4 is 16.6 Å². The van der Waals surface area contributed by atoms with Crippen LogP contribution in [0.1, 0.15) is 28.5 Å². The molecule has 7 nitrogen and oxygen atoms in total. The fourth-order valence-corrected chi connectivity index (χ4v) is 2.58. The van der Waals surface area contributed by atoms with Crippen LogP contribution in [0.25, 0.3) is 0 Å². The van der Waals surface area contributed by atoms with E-state index in [2.05, 4.69) is 5.32 Å². The molecule has 1 unspecified atom stereocenters. The van der Waals surface area contributed by atoms with E-state index in [1.54, 1.807) is 0 Å². The van der Waals surface area contributed by atoms with E-state index in [0.29, 0.717) is 6.42 Å². The first-order valence-electron chi connectivity index (χ1n) is 8.09. The molecule has 0 saturated carbocycles. The van der Waals surface area contributed by atoms with Gasteiger partial charge in [-0.1, -0.05) is 30.3 Å². The molecular formula is C18H24N4O3. The highest BCUT2D eigenvalue weighted by molar-refractivity contribution is 5.92. The number of rotatable bonds is 6. The Morgan fingerprint density at radius 2 is 1.76 bits per heavy atom. The van der Waals surface area contributed by atoms with Crippen LogP contribution in [0, 0.1) is 0 Å². The molecule has 0 fully saturated rings. The molecule has 25 heavy (non-hydrogen) atoms. The summed E-state index contributed by atoms with van der Waals surface area (Å²) in [6, 6.07) is 10.6. The fraction of sp³-hybridized carbons (Fsp3) is 0.389. The van der Waals surface area contributed by atoms with Crippen LogP contribution >= 0.6 is 0 Å². The Balaban J connectivity index is 2.31. The lowest BCUT2D eigenvalue weighted by atomic mass is 10.0. The van der Waals surface area contributed by atoms with Crippen molar-refractivity contribution in [3.8, 4) is 0 Å². The monoisotopic (exact) mass is 344 g/mol. The fourth-order valence-electron chi connectivity index (χ4n) is 2.58. The molecule has 1 aromatic carbocycles. The Hall–Kier alpha value is -2.67. The molecule has 0 spiro atoms. The van der Waals surface area contributed by atoms with Gasteiger partial charge in [0.15, 0.2) is 0 Å². The van der Waals surface area contributed by atoms with Gasteiger partial charge in [0.2, 0.25) is 0 Å². The molecule has 0 radical (unpaired) electrons. The van der Waals surface area contributed by atoms with E-state index >= 15 is 0 Å². The highest BCUT2D eigenvalue weighted by Crippen LogP contribution is 2.17. The van der Waals surface area contributed by atoms with Gasteiger partial charge in [0.25, 0.3) is 11.5 Å². The molecule has 2 aromatic rings. The van der Waals surface area contributed by atoms with E-state index in [0.717, 1.165) is 16.7 Å². The van der Waals surface area contributed by atoms with Crippen molar-refractivity contribution in [3.05, 3.63) is 68.5 Å². The lowest BCUT2D eigenvalue weighted by Crippen LogP contribution is -2.42. The second-order valence-corrected chi connectivity index (χ2v) is 6.30. The molecule has 1 atom stereocenters. The van der Waals surface area contributed by atoms with Crippen LogP contribution in [0.2, 0.25) is 0 Å². The second kappa shape index (κ2) is 7.94. The Bertz CT molecular complexity index is 853. The predicted octanol–water partition coefficient (Wildman–Crippen LogP) is 0.507. The molecule has 0 bridgehead atoms. The van der Waals surface area contributed by atoms with Crippen molar-refractivity contribution < 1.29 is 4.79 Å². The van der Waals surface area contributed by atoms with E-state index < -0.39 is 17.2 Å². The lowest BCUT2D eigenvalue weighted by Gasteiger charge is -2.22. The van der Waals surface area contributed by atoms with E-state index in [9.17, 15) is 14.4 Å². The number of amides is 1. The summed E-state index contributed by atoms with van der Waals surface area (Å²) in [5, 5.41) is 2.95. The number of nitrogens with one attached hydrogen (secondary N) is 1. The number of hydrogen-bond acceptors (Lipinski definition) is 4. The number of carbonyl (C=O) groups excluding carboxylic acids is 1. The molecule has 0 aliphatic rings. The smallest absolute Gasteiger partial charge is 0.331 e. The highest BCUT2D eigenvalue weighted by Gasteiger charge is 2.19. The maximum Gasteiger partial charge on any atom is 0.331 e. The Morgan fingerprint density at radius 1 is 1.12 bits per heavy atom. The van der Waals surface area contributed by atoms with Gasteiger partial charge < -0.3 is 10.2 Å². The Morgan fingerprint density at radius 3 is 2.36 bits per heavy atom. The summed E-state index contributed by atoms with van der Waals surface area (Å²) in [5.74, 6) is -0.440. The number of hydrogen-bond donors (Lipinski definition) is 1. The van der Waals surface area contributed by atoms with Crippen molar-refractivity contribution in [1.29, 1.82) is 0 Å². The minimum Gasteiger partial charge on any atom is -0.344 e. The SMILES string of the molecule is CN(C)CCC(NC(=O)c1cc(=O)n(C)c(=O)n1C)c1ccccc1. The van der Waals surface area contributed by atoms with Gasteiger partial charge in [-0.15, -0.1) is 0 Å². The van der Waals surface area contributed by atoms with E-state index in [-0.39, 0.29) is 11.7 Å². The molecule has 1 N–H and O–H groups in total. The zero-order chi connectivity index (χ0) is 18.6. The maximum absolute atomic E-state index is 12.7. The maximum atomic E-state index is 12.7. The zero-order valence-electron chi connectivity index (χ0n) is 15.0. The minimum absolute atomic E-state index is 0.0545. The summed E-state index contributed by atoms with van der Waals surface area (Å²) < 4.78 is 2.15. The third-order valence-electron chi connectivity index (χ3n) is 4.13. The van der Waals surface area contributed by atoms with Crippen molar-refractivity contribution in [2.45, 2.75) is 12.5 Å². The van der Waals surface area contributed by atoms with Gasteiger partial charge >= 0.3 is 5.69 Å². The molecular weight excluding hydrogens is 320 g/mol. The van der Waals surface area contributed by atoms with Crippen molar-refractivity contribution in [3.63, 3.8) is 0 Å². The Kier molecular flexibility index (Phi) is 5.93. The van der Waals surface area contributed by atoms with Gasteiger partial charge in [0, 0.05) is 20.2 Å². The molecule has 1 heterocycles. The molecule has 1 aromatic heterocycles. The molecule has 1 amide bonds. The third-order valence-corrected chi connectivity index (χ3v) is 4.13. The summed E-state index contributed by atoms with van der Waals surface area (Å²) in [6.45, 7) is 0.787. The zero-order valence-corrected chi connectivity index (χ0v) is 15.0. The van der Waals surface area contributed by atoms with Crippen LogP contribution in [0.5, 0.6) is 0 Å². The molecule has 2 rings (SSSR count). The van der Waals surface area contributed by atoms with Gasteiger partial charge in [0.05, 0.1) is 6.04 Å². The number of carbonyl (C=O) groups is 1. The first-order chi connectivity index (χ1) is 11.8. The molecule has 0 aliphatic heterocycles. The van der Waals surface area contributed by atoms with Crippen molar-refractivity contribution >= 4 is 5.91 Å². The van der Waals surface area contributed by atoms with E-state index in [1.807, 2.05) is 49.3 Å². The summed E-state index contributed by atoms with van der Waals surface area (Å²) in [5.41, 5.74) is 0.00502. The quantitative estimate of drug-likeness (QED) is 0.828. The van der Waals surface area contributed by atoms with Crippen LogP contribution in [-0.2, 0) is 14.1 Å². The van der Waals surface area contributed by atoms with Crippen molar-refractivity contribution in [2.24, 2.45) is 14.1 Å². The van der Waals surface area contributed by atoms with Crippen molar-refractivity contribution in [2.75, 3.05) is 20.6 Å². The third kappa shape index (κ3) is 4.45. The van der Waals surface area contributed by atoms with Crippen molar-refractivity contribution in [1.82, 2.24) is 19.4 Å². The minimum atomic E-state index is -0.526. The first-order valence-corrected chi connectivity index (χ1v) is 8.09. The summed E-state index contributed by atoms with van der Waals surface area (Å²) in [7, 11) is 6.80. The number of nitrogens with zero attached hydrogens (tertiary/aromatic N) is 3. The normalized spacial score (nSPS) is 12.2. The first kappa shape index (κ1) is 18.7. The Labute approximate surface area is 146 Å². The molecule has 0 saturated heterocycles. The average Bonchev–Trinajstić information content (AvgIpc) is 2.60. The second-order valence-electron chi connectivity index (χ2n) is 6.30. The highest BCUT2D eigenvalue weighted by atomic mass is 16.2. The van der Waals surface area contributed by atoms with Gasteiger partial charge in [0.1, 0.15) is 5.69 Å². The predicted molar refractivity (Wildman–Crippen MR) is 96.7 cm³/mol. The summed E-state index contributed by atoms with van der Waals surface area (Å²) in [4.78, 5) is 38.6. The lowest BCUT2D eigenvalue weighted by molar-refractivity contribution is 0.0922. The van der Waals surface area contributed by atoms with Gasteiger partial charge in [-0.2, -0.15) is 0 Å². The average molecular weight is 344 g/mol. The summed E-state index contributed by atoms with van der Waals surface area (Å²) >= 11 is 0. The topological polar surface area (TPSA) is 76.3 Å². The van der Waals surface area contributed by atoms with E-state index in [1.165, 1.54) is 24.7 Å². The van der Waals surface area contributed by atoms with E-state index in [4.69, 9.17) is 0 Å². The molecule has 134 valence electrons. The largest absolute Gasteiger partial charge is 0.344 e. The van der Waals surface area contributed by atoms with Crippen LogP contribution in [0.4, 0.5) is 0 Å². The van der Waals surface area contributed by atoms with Gasteiger partial charge in [-0.05, 0) is 32.6 Å². The van der Waals surface area contributed by atoms with Gasteiger partial charge in [-0.3, -0.25) is 18.7 Å². The standard InChI is InChI=1S/C18H24N4O3/c1-20(2)11-10-14(13-8-6-5-7-9-13)19-17(24)15-12-16(23)22(4)18(25)21(15)3/h5-9,12,14H,10-11H2,1-4H3,(H,19,24). The molecule has 0 aliphatic carbocycles. The number of aromatic nitrogens is 2. The summed E-state index contributed by atoms with van der Waals surface area (Å²) in [6.07, 6.45) is 0.710. The van der Waals surface area contributed by atoms with Crippen LogP contribution in [-0.4, -0.2) is 40.6 Å². The van der Waals surface area contributed by atoms with Gasteiger partial charge in [-0.25, -0.2) is 4.79 Å². The number of benzene rings is 1. The molecule has 7 heteroatoms.